The van der Waals surface area contributed by atoms with Crippen molar-refractivity contribution in [3.05, 3.63) is 36.4 Å². The van der Waals surface area contributed by atoms with Crippen LogP contribution in [0.5, 0.6) is 0 Å². The van der Waals surface area contributed by atoms with Gasteiger partial charge in [-0.2, -0.15) is 0 Å². The highest BCUT2D eigenvalue weighted by Crippen LogP contribution is 2.21. The van der Waals surface area contributed by atoms with Gasteiger partial charge in [0.1, 0.15) is 11.8 Å². The van der Waals surface area contributed by atoms with Gasteiger partial charge in [-0.25, -0.2) is 17.9 Å². The fourth-order valence-corrected chi connectivity index (χ4v) is 3.11. The van der Waals surface area contributed by atoms with Gasteiger partial charge in [0, 0.05) is 25.2 Å². The van der Waals surface area contributed by atoms with Crippen LogP contribution in [0.3, 0.4) is 0 Å². The molecule has 23 heavy (non-hydrogen) atoms. The van der Waals surface area contributed by atoms with Gasteiger partial charge in [0.25, 0.3) is 15.1 Å². The molecular weight excluding hydrogens is 322 g/mol. The number of ether oxygens (including phenoxy) is 1. The molecule has 0 bridgehead atoms. The Balaban J connectivity index is 1.69. The molecule has 1 aromatic heterocycles. The lowest BCUT2D eigenvalue weighted by atomic mass is 10.2. The number of amides is 1. The van der Waals surface area contributed by atoms with E-state index in [4.69, 9.17) is 9.26 Å². The molecular formula is C14H15N3O5S. The molecule has 0 spiro atoms. The summed E-state index contributed by atoms with van der Waals surface area (Å²) in [6.45, 7) is 0.298. The summed E-state index contributed by atoms with van der Waals surface area (Å²) < 4.78 is 36.7. The number of hydrogen-bond donors (Lipinski definition) is 1. The Morgan fingerprint density at radius 3 is 2.74 bits per heavy atom. The maximum absolute atomic E-state index is 12.2. The first-order valence-electron chi connectivity index (χ1n) is 6.89. The number of benzene rings is 1. The zero-order valence-electron chi connectivity index (χ0n) is 12.3. The molecule has 2 aromatic rings. The zero-order chi connectivity index (χ0) is 16.4. The minimum Gasteiger partial charge on any atom is -0.443 e. The molecule has 0 unspecified atom stereocenters. The van der Waals surface area contributed by atoms with Crippen LogP contribution in [0, 0.1) is 0 Å². The van der Waals surface area contributed by atoms with Gasteiger partial charge >= 0.3 is 6.09 Å². The Morgan fingerprint density at radius 1 is 1.35 bits per heavy atom. The van der Waals surface area contributed by atoms with Crippen molar-refractivity contribution in [3.8, 4) is 11.3 Å². The second-order valence-corrected chi connectivity index (χ2v) is 6.83. The van der Waals surface area contributed by atoms with Gasteiger partial charge in [0.05, 0.1) is 6.54 Å². The highest BCUT2D eigenvalue weighted by atomic mass is 32.2. The number of rotatable bonds is 5. The van der Waals surface area contributed by atoms with Crippen LogP contribution < -0.4 is 4.72 Å². The topological polar surface area (TPSA) is 102 Å². The van der Waals surface area contributed by atoms with E-state index in [0.717, 1.165) is 5.56 Å². The van der Waals surface area contributed by atoms with Gasteiger partial charge in [-0.3, -0.25) is 0 Å². The molecule has 1 N–H and O–H groups in total. The summed E-state index contributed by atoms with van der Waals surface area (Å²) in [5.74, 6) is 0. The summed E-state index contributed by atoms with van der Waals surface area (Å²) in [5, 5.41) is 3.49. The third kappa shape index (κ3) is 3.35. The number of likely N-dealkylation sites (N-methyl/N-ethyl adjacent to an activating group) is 1. The summed E-state index contributed by atoms with van der Waals surface area (Å²) in [7, 11) is -2.28. The number of aromatic nitrogens is 1. The van der Waals surface area contributed by atoms with E-state index in [1.165, 1.54) is 11.0 Å². The number of carbonyl (C=O) groups is 1. The Hall–Kier alpha value is -2.39. The van der Waals surface area contributed by atoms with E-state index in [2.05, 4.69) is 9.88 Å². The average Bonchev–Trinajstić information content (AvgIpc) is 3.15. The number of nitrogens with zero attached hydrogens (tertiary/aromatic N) is 2. The minimum atomic E-state index is -3.86. The third-order valence-electron chi connectivity index (χ3n) is 3.38. The molecule has 0 radical (unpaired) electrons. The molecule has 9 heteroatoms. The molecule has 1 atom stereocenters. The van der Waals surface area contributed by atoms with Gasteiger partial charge in [-0.05, 0) is 0 Å². The summed E-state index contributed by atoms with van der Waals surface area (Å²) >= 11 is 0. The van der Waals surface area contributed by atoms with Crippen LogP contribution >= 0.6 is 0 Å². The minimum absolute atomic E-state index is 0.0280. The van der Waals surface area contributed by atoms with Crippen LogP contribution in [-0.2, 0) is 14.8 Å². The number of carbonyl (C=O) groups excluding carboxylic acids is 1. The number of nitrogens with one attached hydrogen (secondary N) is 1. The van der Waals surface area contributed by atoms with Crippen molar-refractivity contribution in [2.24, 2.45) is 0 Å². The molecule has 122 valence electrons. The molecule has 2 heterocycles. The molecule has 8 nitrogen and oxygen atoms in total. The molecule has 1 amide bonds. The van der Waals surface area contributed by atoms with Gasteiger partial charge in [-0.1, -0.05) is 35.5 Å². The molecule has 1 aromatic carbocycles. The fourth-order valence-electron chi connectivity index (χ4n) is 2.16. The Morgan fingerprint density at radius 2 is 2.09 bits per heavy atom. The Labute approximate surface area is 133 Å². The summed E-state index contributed by atoms with van der Waals surface area (Å²) in [6, 6.07) is 10.4. The highest BCUT2D eigenvalue weighted by Gasteiger charge is 2.30. The maximum atomic E-state index is 12.2. The quantitative estimate of drug-likeness (QED) is 0.876. The largest absolute Gasteiger partial charge is 0.443 e. The fraction of sp³-hybridized carbons (Fsp3) is 0.286. The van der Waals surface area contributed by atoms with E-state index in [0.29, 0.717) is 12.2 Å². The van der Waals surface area contributed by atoms with Crippen LogP contribution in [0.25, 0.3) is 11.3 Å². The number of cyclic esters (lactones) is 1. The maximum Gasteiger partial charge on any atom is 0.410 e. The standard InChI is InChI=1S/C14H15N3O5S/c1-17-9-11(21-14(17)18)8-15-23(19,20)13-7-12(16-22-13)10-5-3-2-4-6-10/h2-7,11,15H,8-9H2,1H3/t11-/m1/s1. The molecule has 1 aliphatic heterocycles. The first kappa shape index (κ1) is 15.5. The predicted octanol–water partition coefficient (Wildman–Crippen LogP) is 1.07. The first-order chi connectivity index (χ1) is 11.0. The van der Waals surface area contributed by atoms with Gasteiger partial charge in [0.15, 0.2) is 0 Å². The van der Waals surface area contributed by atoms with Gasteiger partial charge in [0.2, 0.25) is 0 Å². The third-order valence-corrected chi connectivity index (χ3v) is 4.65. The molecule has 1 saturated heterocycles. The number of hydrogen-bond acceptors (Lipinski definition) is 6. The van der Waals surface area contributed by atoms with E-state index in [1.54, 1.807) is 19.2 Å². The lowest BCUT2D eigenvalue weighted by molar-refractivity contribution is 0.135. The van der Waals surface area contributed by atoms with Crippen molar-refractivity contribution < 1.29 is 22.5 Å². The van der Waals surface area contributed by atoms with Crippen molar-refractivity contribution >= 4 is 16.1 Å². The van der Waals surface area contributed by atoms with Gasteiger partial charge in [-0.15, -0.1) is 0 Å². The summed E-state index contributed by atoms with van der Waals surface area (Å²) in [6.07, 6.45) is -1.00. The van der Waals surface area contributed by atoms with Crippen molar-refractivity contribution in [2.75, 3.05) is 20.1 Å². The highest BCUT2D eigenvalue weighted by molar-refractivity contribution is 7.89. The monoisotopic (exact) mass is 337 g/mol. The Bertz CT molecular complexity index is 803. The second kappa shape index (κ2) is 6.01. The van der Waals surface area contributed by atoms with Crippen LogP contribution in [0.2, 0.25) is 0 Å². The van der Waals surface area contributed by atoms with E-state index in [-0.39, 0.29) is 11.6 Å². The molecule has 0 saturated carbocycles. The van der Waals surface area contributed by atoms with Crippen molar-refractivity contribution in [3.63, 3.8) is 0 Å². The van der Waals surface area contributed by atoms with E-state index in [9.17, 15) is 13.2 Å². The van der Waals surface area contributed by atoms with Crippen molar-refractivity contribution in [1.29, 1.82) is 0 Å². The molecule has 1 fully saturated rings. The van der Waals surface area contributed by atoms with Gasteiger partial charge < -0.3 is 14.2 Å². The van der Waals surface area contributed by atoms with E-state index in [1.807, 2.05) is 18.2 Å². The molecule has 1 aliphatic rings. The smallest absolute Gasteiger partial charge is 0.410 e. The van der Waals surface area contributed by atoms with Crippen LogP contribution in [0.15, 0.2) is 46.0 Å². The molecule has 3 rings (SSSR count). The van der Waals surface area contributed by atoms with E-state index < -0.39 is 22.2 Å². The normalized spacial score (nSPS) is 18.2. The lowest BCUT2D eigenvalue weighted by Gasteiger charge is -2.08. The van der Waals surface area contributed by atoms with Crippen LogP contribution in [0.1, 0.15) is 0 Å². The van der Waals surface area contributed by atoms with Crippen LogP contribution in [-0.4, -0.2) is 50.8 Å². The average molecular weight is 337 g/mol. The second-order valence-electron chi connectivity index (χ2n) is 5.14. The van der Waals surface area contributed by atoms with Crippen LogP contribution in [0.4, 0.5) is 4.79 Å². The summed E-state index contributed by atoms with van der Waals surface area (Å²) in [5.41, 5.74) is 1.18. The summed E-state index contributed by atoms with van der Waals surface area (Å²) in [4.78, 5) is 12.6. The first-order valence-corrected chi connectivity index (χ1v) is 8.37. The van der Waals surface area contributed by atoms with Crippen molar-refractivity contribution in [1.82, 2.24) is 14.8 Å². The zero-order valence-corrected chi connectivity index (χ0v) is 13.1. The predicted molar refractivity (Wildman–Crippen MR) is 80.0 cm³/mol. The lowest BCUT2D eigenvalue weighted by Crippen LogP contribution is -2.34. The Kier molecular flexibility index (Phi) is 4.05. The molecule has 0 aliphatic carbocycles. The van der Waals surface area contributed by atoms with Crippen molar-refractivity contribution in [2.45, 2.75) is 11.2 Å². The number of sulfonamides is 1. The SMILES string of the molecule is CN1C[C@@H](CNS(=O)(=O)c2cc(-c3ccccc3)no2)OC1=O. The van der Waals surface area contributed by atoms with E-state index >= 15 is 0 Å².